The molecule has 2 nitrogen and oxygen atoms in total. The zero-order valence-corrected chi connectivity index (χ0v) is 13.6. The number of alkyl halides is 1. The van der Waals surface area contributed by atoms with Crippen molar-refractivity contribution in [3.8, 4) is 11.5 Å². The van der Waals surface area contributed by atoms with E-state index in [1.807, 2.05) is 0 Å². The van der Waals surface area contributed by atoms with Gasteiger partial charge in [-0.15, -0.1) is 0 Å². The zero-order chi connectivity index (χ0) is 15.6. The molecule has 0 aliphatic heterocycles. The summed E-state index contributed by atoms with van der Waals surface area (Å²) in [7, 11) is 2.86. The smallest absolute Gasteiger partial charge is 0.163 e. The van der Waals surface area contributed by atoms with E-state index in [2.05, 4.69) is 15.9 Å². The average molecular weight is 378 g/mol. The minimum atomic E-state index is -0.744. The van der Waals surface area contributed by atoms with Crippen molar-refractivity contribution in [2.24, 2.45) is 0 Å². The average Bonchev–Trinajstić information content (AvgIpc) is 2.46. The van der Waals surface area contributed by atoms with Crippen molar-refractivity contribution < 1.29 is 18.3 Å². The van der Waals surface area contributed by atoms with Gasteiger partial charge >= 0.3 is 0 Å². The Kier molecular flexibility index (Phi) is 5.06. The summed E-state index contributed by atoms with van der Waals surface area (Å²) in [6.45, 7) is 0. The second kappa shape index (κ2) is 6.62. The van der Waals surface area contributed by atoms with E-state index in [1.54, 1.807) is 6.07 Å². The lowest BCUT2D eigenvalue weighted by molar-refractivity contribution is 0.351. The van der Waals surface area contributed by atoms with Crippen molar-refractivity contribution in [1.82, 2.24) is 0 Å². The molecule has 0 saturated heterocycles. The van der Waals surface area contributed by atoms with E-state index in [0.29, 0.717) is 5.75 Å². The predicted molar refractivity (Wildman–Crippen MR) is 81.7 cm³/mol. The topological polar surface area (TPSA) is 18.5 Å². The van der Waals surface area contributed by atoms with Gasteiger partial charge in [0.2, 0.25) is 0 Å². The molecule has 1 atom stereocenters. The van der Waals surface area contributed by atoms with Gasteiger partial charge < -0.3 is 9.47 Å². The highest BCUT2D eigenvalue weighted by atomic mass is 79.9. The first-order valence-electron chi connectivity index (χ1n) is 5.99. The molecular formula is C15H12BrClF2O2. The summed E-state index contributed by atoms with van der Waals surface area (Å²) in [5.41, 5.74) is 0.380. The minimum Gasteiger partial charge on any atom is -0.493 e. The van der Waals surface area contributed by atoms with Crippen LogP contribution in [0.3, 0.4) is 0 Å². The predicted octanol–water partition coefficient (Wildman–Crippen LogP) is 5.12. The van der Waals surface area contributed by atoms with Crippen molar-refractivity contribution in [2.75, 3.05) is 14.2 Å². The van der Waals surface area contributed by atoms with E-state index in [-0.39, 0.29) is 21.9 Å². The molecule has 0 fully saturated rings. The summed E-state index contributed by atoms with van der Waals surface area (Å²) in [4.78, 5) is -0.744. The van der Waals surface area contributed by atoms with E-state index in [1.165, 1.54) is 38.5 Å². The summed E-state index contributed by atoms with van der Waals surface area (Å²) < 4.78 is 38.3. The number of hydrogen-bond acceptors (Lipinski definition) is 2. The molecule has 0 saturated carbocycles. The summed E-state index contributed by atoms with van der Waals surface area (Å²) in [5.74, 6) is -0.448. The van der Waals surface area contributed by atoms with E-state index in [4.69, 9.17) is 21.1 Å². The highest BCUT2D eigenvalue weighted by molar-refractivity contribution is 9.09. The highest BCUT2D eigenvalue weighted by Gasteiger charge is 2.23. The number of rotatable bonds is 4. The van der Waals surface area contributed by atoms with Crippen LogP contribution < -0.4 is 9.47 Å². The molecule has 0 aromatic heterocycles. The molecule has 21 heavy (non-hydrogen) atoms. The maximum atomic E-state index is 14.2. The summed E-state index contributed by atoms with van der Waals surface area (Å²) in [6.07, 6.45) is 0. The molecular weight excluding hydrogens is 366 g/mol. The molecule has 0 aliphatic rings. The van der Waals surface area contributed by atoms with E-state index in [9.17, 15) is 8.78 Å². The summed E-state index contributed by atoms with van der Waals surface area (Å²) >= 11 is 9.31. The van der Waals surface area contributed by atoms with Crippen LogP contribution in [-0.4, -0.2) is 14.2 Å². The Morgan fingerprint density at radius 1 is 1.05 bits per heavy atom. The summed E-state index contributed by atoms with van der Waals surface area (Å²) in [5, 5.41) is 0.214. The molecule has 0 bridgehead atoms. The number of benzene rings is 2. The van der Waals surface area contributed by atoms with Gasteiger partial charge in [-0.3, -0.25) is 0 Å². The first-order valence-corrected chi connectivity index (χ1v) is 7.28. The SMILES string of the molecule is COc1cc(F)c(C(Br)c2c(F)cccc2Cl)cc1OC. The van der Waals surface area contributed by atoms with Crippen LogP contribution in [0.5, 0.6) is 11.5 Å². The lowest BCUT2D eigenvalue weighted by Gasteiger charge is -2.17. The summed E-state index contributed by atoms with van der Waals surface area (Å²) in [6, 6.07) is 6.96. The van der Waals surface area contributed by atoms with Gasteiger partial charge in [-0.2, -0.15) is 0 Å². The second-order valence-electron chi connectivity index (χ2n) is 4.23. The molecule has 0 heterocycles. The largest absolute Gasteiger partial charge is 0.493 e. The fourth-order valence-corrected chi connectivity index (χ4v) is 3.19. The quantitative estimate of drug-likeness (QED) is 0.689. The monoisotopic (exact) mass is 376 g/mol. The first-order chi connectivity index (χ1) is 9.99. The lowest BCUT2D eigenvalue weighted by Crippen LogP contribution is -2.02. The second-order valence-corrected chi connectivity index (χ2v) is 5.55. The normalized spacial score (nSPS) is 12.1. The Hall–Kier alpha value is -1.33. The maximum Gasteiger partial charge on any atom is 0.163 e. The third kappa shape index (κ3) is 3.14. The fourth-order valence-electron chi connectivity index (χ4n) is 1.97. The van der Waals surface area contributed by atoms with Crippen molar-refractivity contribution >= 4 is 27.5 Å². The molecule has 0 aliphatic carbocycles. The van der Waals surface area contributed by atoms with E-state index in [0.717, 1.165) is 0 Å². The van der Waals surface area contributed by atoms with E-state index >= 15 is 0 Å². The molecule has 0 radical (unpaired) electrons. The van der Waals surface area contributed by atoms with Gasteiger partial charge in [0.15, 0.2) is 11.5 Å². The zero-order valence-electron chi connectivity index (χ0n) is 11.3. The van der Waals surface area contributed by atoms with E-state index < -0.39 is 16.5 Å². The van der Waals surface area contributed by atoms with Gasteiger partial charge in [-0.25, -0.2) is 8.78 Å². The highest BCUT2D eigenvalue weighted by Crippen LogP contribution is 2.41. The minimum absolute atomic E-state index is 0.172. The van der Waals surface area contributed by atoms with Gasteiger partial charge in [-0.1, -0.05) is 33.6 Å². The van der Waals surface area contributed by atoms with Gasteiger partial charge in [0, 0.05) is 22.2 Å². The van der Waals surface area contributed by atoms with Crippen molar-refractivity contribution in [3.05, 3.63) is 58.1 Å². The van der Waals surface area contributed by atoms with Gasteiger partial charge in [0.1, 0.15) is 11.6 Å². The fraction of sp³-hybridized carbons (Fsp3) is 0.200. The standard InChI is InChI=1S/C15H12BrClF2O2/c1-20-12-6-8(11(19)7-13(12)21-2)15(16)14-9(17)4-3-5-10(14)18/h3-7,15H,1-2H3. The van der Waals surface area contributed by atoms with Crippen LogP contribution in [0.25, 0.3) is 0 Å². The third-order valence-corrected chi connectivity index (χ3v) is 4.31. The Labute approximate surface area is 134 Å². The van der Waals surface area contributed by atoms with Crippen LogP contribution in [0, 0.1) is 11.6 Å². The Morgan fingerprint density at radius 2 is 1.67 bits per heavy atom. The molecule has 2 rings (SSSR count). The van der Waals surface area contributed by atoms with Gasteiger partial charge in [-0.05, 0) is 18.2 Å². The molecule has 0 amide bonds. The molecule has 2 aromatic rings. The van der Waals surface area contributed by atoms with Crippen molar-refractivity contribution in [3.63, 3.8) is 0 Å². The van der Waals surface area contributed by atoms with Gasteiger partial charge in [0.05, 0.1) is 19.0 Å². The van der Waals surface area contributed by atoms with Gasteiger partial charge in [0.25, 0.3) is 0 Å². The third-order valence-electron chi connectivity index (χ3n) is 3.03. The number of ether oxygens (including phenoxy) is 2. The van der Waals surface area contributed by atoms with Crippen LogP contribution in [-0.2, 0) is 0 Å². The first kappa shape index (κ1) is 16.0. The molecule has 1 unspecified atom stereocenters. The molecule has 2 aromatic carbocycles. The Bertz CT molecular complexity index is 644. The Balaban J connectivity index is 2.56. The Morgan fingerprint density at radius 3 is 2.24 bits per heavy atom. The molecule has 0 N–H and O–H groups in total. The molecule has 112 valence electrons. The van der Waals surface area contributed by atoms with Crippen molar-refractivity contribution in [1.29, 1.82) is 0 Å². The van der Waals surface area contributed by atoms with Crippen molar-refractivity contribution in [2.45, 2.75) is 4.83 Å². The number of methoxy groups -OCH3 is 2. The van der Waals surface area contributed by atoms with Crippen LogP contribution in [0.15, 0.2) is 30.3 Å². The van der Waals surface area contributed by atoms with Crippen LogP contribution in [0.2, 0.25) is 5.02 Å². The number of halogens is 4. The molecule has 0 spiro atoms. The molecule has 6 heteroatoms. The maximum absolute atomic E-state index is 14.2. The van der Waals surface area contributed by atoms with Crippen LogP contribution >= 0.6 is 27.5 Å². The lowest BCUT2D eigenvalue weighted by atomic mass is 10.0. The van der Waals surface area contributed by atoms with Crippen LogP contribution in [0.1, 0.15) is 16.0 Å². The van der Waals surface area contributed by atoms with Crippen LogP contribution in [0.4, 0.5) is 8.78 Å². The number of hydrogen-bond donors (Lipinski definition) is 0.